The van der Waals surface area contributed by atoms with Gasteiger partial charge in [-0.25, -0.2) is 9.69 Å². The predicted octanol–water partition coefficient (Wildman–Crippen LogP) is 3.37. The van der Waals surface area contributed by atoms with E-state index in [1.807, 2.05) is 0 Å². The Morgan fingerprint density at radius 3 is 2.63 bits per heavy atom. The van der Waals surface area contributed by atoms with Crippen molar-refractivity contribution in [3.63, 3.8) is 0 Å². The number of anilines is 1. The SMILES string of the molecule is Cc1cc(C(=O)[O-])ccc1-c1ccc(/C=C2/NC(=O)N(c3cccc(Cl)c3)C2=O)o1. The third kappa shape index (κ3) is 3.58. The number of carboxylic acids is 1. The number of hydrogen-bond donors (Lipinski definition) is 1. The van der Waals surface area contributed by atoms with Gasteiger partial charge in [0.25, 0.3) is 5.91 Å². The Morgan fingerprint density at radius 2 is 1.93 bits per heavy atom. The molecule has 1 fully saturated rings. The first kappa shape index (κ1) is 19.5. The summed E-state index contributed by atoms with van der Waals surface area (Å²) in [6.07, 6.45) is 1.43. The molecule has 3 amide bonds. The molecular weight excluding hydrogens is 408 g/mol. The lowest BCUT2D eigenvalue weighted by Crippen LogP contribution is -2.30. The van der Waals surface area contributed by atoms with E-state index in [0.29, 0.717) is 33.4 Å². The first-order chi connectivity index (χ1) is 14.3. The molecule has 1 N–H and O–H groups in total. The van der Waals surface area contributed by atoms with E-state index in [0.717, 1.165) is 4.90 Å². The molecule has 7 nitrogen and oxygen atoms in total. The van der Waals surface area contributed by atoms with E-state index in [-0.39, 0.29) is 11.3 Å². The van der Waals surface area contributed by atoms with Gasteiger partial charge in [-0.2, -0.15) is 0 Å². The lowest BCUT2D eigenvalue weighted by atomic mass is 10.0. The zero-order valence-corrected chi connectivity index (χ0v) is 16.4. The van der Waals surface area contributed by atoms with Crippen LogP contribution in [0.4, 0.5) is 10.5 Å². The summed E-state index contributed by atoms with van der Waals surface area (Å²) in [6.45, 7) is 1.76. The van der Waals surface area contributed by atoms with Crippen LogP contribution in [0.5, 0.6) is 0 Å². The molecule has 0 radical (unpaired) electrons. The van der Waals surface area contributed by atoms with Crippen LogP contribution in [0.25, 0.3) is 17.4 Å². The van der Waals surface area contributed by atoms with Crippen molar-refractivity contribution in [2.45, 2.75) is 6.92 Å². The number of aryl methyl sites for hydroxylation is 1. The Morgan fingerprint density at radius 1 is 1.13 bits per heavy atom. The maximum Gasteiger partial charge on any atom is 0.333 e. The summed E-state index contributed by atoms with van der Waals surface area (Å²) in [5, 5.41) is 13.9. The second-order valence-electron chi connectivity index (χ2n) is 6.63. The molecule has 150 valence electrons. The zero-order chi connectivity index (χ0) is 21.4. The molecule has 1 aliphatic heterocycles. The van der Waals surface area contributed by atoms with Crippen molar-refractivity contribution in [3.05, 3.63) is 82.2 Å². The zero-order valence-electron chi connectivity index (χ0n) is 15.6. The number of amides is 3. The third-order valence-corrected chi connectivity index (χ3v) is 4.82. The molecule has 0 saturated carbocycles. The second kappa shape index (κ2) is 7.53. The number of nitrogens with one attached hydrogen (secondary N) is 1. The molecule has 2 aromatic carbocycles. The smallest absolute Gasteiger partial charge is 0.333 e. The average molecular weight is 422 g/mol. The highest BCUT2D eigenvalue weighted by molar-refractivity contribution is 6.32. The van der Waals surface area contributed by atoms with Gasteiger partial charge in [-0.1, -0.05) is 29.8 Å². The van der Waals surface area contributed by atoms with Crippen molar-refractivity contribution in [3.8, 4) is 11.3 Å². The number of carbonyl (C=O) groups is 3. The van der Waals surface area contributed by atoms with Gasteiger partial charge in [-0.05, 0) is 54.4 Å². The van der Waals surface area contributed by atoms with Gasteiger partial charge in [0.05, 0.1) is 11.7 Å². The number of hydrogen-bond acceptors (Lipinski definition) is 5. The van der Waals surface area contributed by atoms with Crippen LogP contribution in [0.2, 0.25) is 5.02 Å². The van der Waals surface area contributed by atoms with E-state index in [2.05, 4.69) is 5.32 Å². The number of aromatic carboxylic acids is 1. The maximum atomic E-state index is 12.7. The Balaban J connectivity index is 1.61. The Hall–Kier alpha value is -3.84. The van der Waals surface area contributed by atoms with E-state index in [1.54, 1.807) is 43.3 Å². The van der Waals surface area contributed by atoms with Crippen LogP contribution in [0.1, 0.15) is 21.7 Å². The van der Waals surface area contributed by atoms with Crippen molar-refractivity contribution in [2.75, 3.05) is 4.90 Å². The first-order valence-electron chi connectivity index (χ1n) is 8.88. The van der Waals surface area contributed by atoms with E-state index < -0.39 is 17.9 Å². The largest absolute Gasteiger partial charge is 0.545 e. The number of rotatable bonds is 4. The molecule has 0 bridgehead atoms. The fraction of sp³-hybridized carbons (Fsp3) is 0.0455. The highest BCUT2D eigenvalue weighted by Crippen LogP contribution is 2.29. The first-order valence-corrected chi connectivity index (χ1v) is 9.26. The van der Waals surface area contributed by atoms with Gasteiger partial charge in [-0.3, -0.25) is 4.79 Å². The summed E-state index contributed by atoms with van der Waals surface area (Å²) in [6, 6.07) is 13.7. The van der Waals surface area contributed by atoms with Gasteiger partial charge in [0.2, 0.25) is 0 Å². The van der Waals surface area contributed by atoms with Crippen LogP contribution in [0.3, 0.4) is 0 Å². The molecule has 0 unspecified atom stereocenters. The number of halogens is 1. The predicted molar refractivity (Wildman–Crippen MR) is 109 cm³/mol. The van der Waals surface area contributed by atoms with Gasteiger partial charge in [0.15, 0.2) is 0 Å². The maximum absolute atomic E-state index is 12.7. The summed E-state index contributed by atoms with van der Waals surface area (Å²) in [4.78, 5) is 36.9. The number of urea groups is 1. The van der Waals surface area contributed by atoms with E-state index >= 15 is 0 Å². The summed E-state index contributed by atoms with van der Waals surface area (Å²) >= 11 is 5.95. The summed E-state index contributed by atoms with van der Waals surface area (Å²) < 4.78 is 5.77. The molecule has 8 heteroatoms. The van der Waals surface area contributed by atoms with Gasteiger partial charge in [-0.15, -0.1) is 0 Å². The molecule has 2 heterocycles. The molecule has 4 rings (SSSR count). The minimum absolute atomic E-state index is 0.0601. The van der Waals surface area contributed by atoms with Crippen molar-refractivity contribution in [1.29, 1.82) is 0 Å². The highest BCUT2D eigenvalue weighted by Gasteiger charge is 2.35. The highest BCUT2D eigenvalue weighted by atomic mass is 35.5. The molecule has 1 aliphatic rings. The van der Waals surface area contributed by atoms with Crippen molar-refractivity contribution >= 4 is 41.3 Å². The van der Waals surface area contributed by atoms with E-state index in [1.165, 1.54) is 24.3 Å². The van der Waals surface area contributed by atoms with Crippen LogP contribution < -0.4 is 15.3 Å². The fourth-order valence-corrected chi connectivity index (χ4v) is 3.35. The minimum Gasteiger partial charge on any atom is -0.545 e. The number of imide groups is 1. The standard InChI is InChI=1S/C22H15ClN2O5/c1-12-9-13(21(27)28)5-7-17(12)19-8-6-16(30-19)11-18-20(26)25(22(29)24-18)15-4-2-3-14(23)10-15/h2-11H,1H3,(H,24,29)(H,27,28)/p-1/b18-11+. The van der Waals surface area contributed by atoms with Crippen LogP contribution in [0, 0.1) is 6.92 Å². The Kier molecular flexibility index (Phi) is 4.89. The van der Waals surface area contributed by atoms with Crippen molar-refractivity contribution in [1.82, 2.24) is 5.32 Å². The number of carbonyl (C=O) groups excluding carboxylic acids is 3. The molecule has 0 spiro atoms. The summed E-state index contributed by atoms with van der Waals surface area (Å²) in [7, 11) is 0. The topological polar surface area (TPSA) is 103 Å². The van der Waals surface area contributed by atoms with Gasteiger partial charge < -0.3 is 19.6 Å². The van der Waals surface area contributed by atoms with Gasteiger partial charge in [0.1, 0.15) is 17.2 Å². The van der Waals surface area contributed by atoms with Crippen molar-refractivity contribution in [2.24, 2.45) is 0 Å². The third-order valence-electron chi connectivity index (χ3n) is 4.59. The normalized spacial score (nSPS) is 15.0. The lowest BCUT2D eigenvalue weighted by molar-refractivity contribution is -0.255. The second-order valence-corrected chi connectivity index (χ2v) is 7.06. The van der Waals surface area contributed by atoms with E-state index in [9.17, 15) is 19.5 Å². The number of benzene rings is 2. The van der Waals surface area contributed by atoms with Crippen LogP contribution in [0.15, 0.2) is 64.7 Å². The molecule has 1 saturated heterocycles. The summed E-state index contributed by atoms with van der Waals surface area (Å²) in [5.41, 5.74) is 1.89. The molecule has 0 atom stereocenters. The van der Waals surface area contributed by atoms with Crippen molar-refractivity contribution < 1.29 is 23.9 Å². The van der Waals surface area contributed by atoms with Crippen LogP contribution in [-0.2, 0) is 4.79 Å². The molecule has 30 heavy (non-hydrogen) atoms. The van der Waals surface area contributed by atoms with Gasteiger partial charge in [0, 0.05) is 16.7 Å². The molecular formula is C22H14ClN2O5-. The molecule has 0 aliphatic carbocycles. The Bertz CT molecular complexity index is 1230. The number of furan rings is 1. The fourth-order valence-electron chi connectivity index (χ4n) is 3.17. The van der Waals surface area contributed by atoms with Gasteiger partial charge >= 0.3 is 6.03 Å². The lowest BCUT2D eigenvalue weighted by Gasteiger charge is -2.11. The molecule has 1 aromatic heterocycles. The quantitative estimate of drug-likeness (QED) is 0.514. The van der Waals surface area contributed by atoms with E-state index in [4.69, 9.17) is 16.0 Å². The number of carboxylic acid groups (broad SMARTS) is 1. The average Bonchev–Trinajstić information content (AvgIpc) is 3.26. The molecule has 3 aromatic rings. The summed E-state index contributed by atoms with van der Waals surface area (Å²) in [5.74, 6) is -0.943. The monoisotopic (exact) mass is 421 g/mol. The minimum atomic E-state index is -1.26. The number of nitrogens with zero attached hydrogens (tertiary/aromatic N) is 1. The van der Waals surface area contributed by atoms with Crippen LogP contribution >= 0.6 is 11.6 Å². The van der Waals surface area contributed by atoms with Crippen LogP contribution in [-0.4, -0.2) is 17.9 Å². The Labute approximate surface area is 176 Å².